The maximum Gasteiger partial charge on any atom is 0.234 e. The lowest BCUT2D eigenvalue weighted by atomic mass is 10.1. The van der Waals surface area contributed by atoms with E-state index in [4.69, 9.17) is 0 Å². The van der Waals surface area contributed by atoms with E-state index in [-0.39, 0.29) is 6.04 Å². The molecule has 0 amide bonds. The Labute approximate surface area is 142 Å². The molecule has 0 saturated carbocycles. The Hall–Kier alpha value is -2.25. The quantitative estimate of drug-likeness (QED) is 0.898. The molecule has 1 aliphatic heterocycles. The van der Waals surface area contributed by atoms with Crippen molar-refractivity contribution in [1.29, 1.82) is 0 Å². The van der Waals surface area contributed by atoms with E-state index in [2.05, 4.69) is 14.7 Å². The predicted octanol–water partition coefficient (Wildman–Crippen LogP) is 2.04. The summed E-state index contributed by atoms with van der Waals surface area (Å²) in [4.78, 5) is 10.5. The number of rotatable bonds is 5. The molecule has 0 aliphatic carbocycles. The molecule has 1 aromatic heterocycles. The van der Waals surface area contributed by atoms with Crippen molar-refractivity contribution in [3.05, 3.63) is 59.8 Å². The molecule has 2 heterocycles. The van der Waals surface area contributed by atoms with E-state index in [0.717, 1.165) is 24.9 Å². The van der Waals surface area contributed by atoms with Crippen molar-refractivity contribution < 1.29 is 8.42 Å². The summed E-state index contributed by atoms with van der Waals surface area (Å²) in [6.07, 6.45) is 6.69. The van der Waals surface area contributed by atoms with Gasteiger partial charge in [-0.15, -0.1) is 0 Å². The van der Waals surface area contributed by atoms with Crippen molar-refractivity contribution in [2.45, 2.75) is 18.9 Å². The molecule has 1 atom stereocenters. The summed E-state index contributed by atoms with van der Waals surface area (Å²) < 4.78 is 27.3. The summed E-state index contributed by atoms with van der Waals surface area (Å²) in [5.74, 6) is 0.640. The second-order valence-corrected chi connectivity index (χ2v) is 7.31. The van der Waals surface area contributed by atoms with Crippen LogP contribution in [0.2, 0.25) is 0 Å². The summed E-state index contributed by atoms with van der Waals surface area (Å²) in [5, 5.41) is 1.22. The molecule has 1 saturated heterocycles. The fourth-order valence-corrected chi connectivity index (χ4v) is 3.79. The third-order valence-corrected chi connectivity index (χ3v) is 4.98. The van der Waals surface area contributed by atoms with E-state index >= 15 is 0 Å². The zero-order valence-corrected chi connectivity index (χ0v) is 14.1. The Morgan fingerprint density at radius 1 is 1.12 bits per heavy atom. The van der Waals surface area contributed by atoms with Crippen LogP contribution in [0.25, 0.3) is 6.08 Å². The van der Waals surface area contributed by atoms with Crippen LogP contribution in [0.4, 0.5) is 5.95 Å². The summed E-state index contributed by atoms with van der Waals surface area (Å²) in [7, 11) is -3.48. The smallest absolute Gasteiger partial charge is 0.234 e. The van der Waals surface area contributed by atoms with Crippen LogP contribution in [0, 0.1) is 0 Å². The van der Waals surface area contributed by atoms with Crippen LogP contribution in [-0.2, 0) is 10.0 Å². The molecule has 7 heteroatoms. The Kier molecular flexibility index (Phi) is 5.22. The van der Waals surface area contributed by atoms with E-state index in [9.17, 15) is 8.42 Å². The lowest BCUT2D eigenvalue weighted by Crippen LogP contribution is -2.47. The number of sulfonamides is 1. The normalized spacial score (nSPS) is 18.8. The second kappa shape index (κ2) is 7.55. The topological polar surface area (TPSA) is 75.2 Å². The number of aromatic nitrogens is 2. The predicted molar refractivity (Wildman–Crippen MR) is 94.8 cm³/mol. The molecular formula is C17H20N4O2S. The molecule has 0 bridgehead atoms. The molecular weight excluding hydrogens is 324 g/mol. The maximum atomic E-state index is 12.3. The van der Waals surface area contributed by atoms with Gasteiger partial charge < -0.3 is 4.90 Å². The van der Waals surface area contributed by atoms with E-state index in [1.54, 1.807) is 24.5 Å². The molecule has 1 aromatic carbocycles. The number of nitrogens with one attached hydrogen (secondary N) is 1. The van der Waals surface area contributed by atoms with Crippen molar-refractivity contribution in [2.24, 2.45) is 0 Å². The molecule has 0 radical (unpaired) electrons. The fourth-order valence-electron chi connectivity index (χ4n) is 2.71. The van der Waals surface area contributed by atoms with E-state index in [0.29, 0.717) is 12.5 Å². The average molecular weight is 344 g/mol. The second-order valence-electron chi connectivity index (χ2n) is 5.71. The molecule has 24 heavy (non-hydrogen) atoms. The minimum Gasteiger partial charge on any atom is -0.339 e. The van der Waals surface area contributed by atoms with Gasteiger partial charge in [0.1, 0.15) is 0 Å². The minimum atomic E-state index is -3.48. The van der Waals surface area contributed by atoms with Crippen LogP contribution >= 0.6 is 0 Å². The van der Waals surface area contributed by atoms with Crippen LogP contribution in [0.5, 0.6) is 0 Å². The Balaban J connectivity index is 1.63. The molecule has 126 valence electrons. The summed E-state index contributed by atoms with van der Waals surface area (Å²) in [5.41, 5.74) is 0.853. The van der Waals surface area contributed by atoms with Crippen molar-refractivity contribution in [3.63, 3.8) is 0 Å². The van der Waals surface area contributed by atoms with Crippen molar-refractivity contribution in [3.8, 4) is 0 Å². The maximum absolute atomic E-state index is 12.3. The lowest BCUT2D eigenvalue weighted by Gasteiger charge is -2.32. The number of anilines is 1. The first kappa shape index (κ1) is 16.6. The molecule has 6 nitrogen and oxygen atoms in total. The highest BCUT2D eigenvalue weighted by molar-refractivity contribution is 7.92. The monoisotopic (exact) mass is 344 g/mol. The van der Waals surface area contributed by atoms with Crippen LogP contribution in [-0.4, -0.2) is 37.5 Å². The van der Waals surface area contributed by atoms with Crippen molar-refractivity contribution in [1.82, 2.24) is 14.7 Å². The van der Waals surface area contributed by atoms with Crippen LogP contribution < -0.4 is 9.62 Å². The Morgan fingerprint density at radius 2 is 1.88 bits per heavy atom. The van der Waals surface area contributed by atoms with Gasteiger partial charge in [-0.3, -0.25) is 0 Å². The van der Waals surface area contributed by atoms with Gasteiger partial charge in [0.2, 0.25) is 16.0 Å². The SMILES string of the molecule is O=S(=O)(/C=C\c1ccccc1)N[C@@H]1CCCN(c2ncccn2)C1. The molecule has 0 unspecified atom stereocenters. The summed E-state index contributed by atoms with van der Waals surface area (Å²) >= 11 is 0. The number of piperidine rings is 1. The van der Waals surface area contributed by atoms with Gasteiger partial charge in [0.05, 0.1) is 0 Å². The first-order valence-corrected chi connectivity index (χ1v) is 9.44. The molecule has 2 aromatic rings. The average Bonchev–Trinajstić information content (AvgIpc) is 2.62. The van der Waals surface area contributed by atoms with Gasteiger partial charge in [0.15, 0.2) is 0 Å². The third kappa shape index (κ3) is 4.62. The van der Waals surface area contributed by atoms with Gasteiger partial charge in [-0.05, 0) is 30.5 Å². The minimum absolute atomic E-state index is 0.145. The van der Waals surface area contributed by atoms with Gasteiger partial charge in [-0.2, -0.15) is 0 Å². The van der Waals surface area contributed by atoms with Crippen LogP contribution in [0.3, 0.4) is 0 Å². The van der Waals surface area contributed by atoms with Gasteiger partial charge in [-0.25, -0.2) is 23.1 Å². The first-order chi connectivity index (χ1) is 11.6. The molecule has 1 aliphatic rings. The Bertz CT molecular complexity index is 779. The number of benzene rings is 1. The number of hydrogen-bond donors (Lipinski definition) is 1. The number of hydrogen-bond acceptors (Lipinski definition) is 5. The van der Waals surface area contributed by atoms with Gasteiger partial charge >= 0.3 is 0 Å². The molecule has 1 fully saturated rings. The highest BCUT2D eigenvalue weighted by Crippen LogP contribution is 2.16. The van der Waals surface area contributed by atoms with Crippen molar-refractivity contribution >= 4 is 22.0 Å². The number of nitrogens with zero attached hydrogens (tertiary/aromatic N) is 3. The largest absolute Gasteiger partial charge is 0.339 e. The Morgan fingerprint density at radius 3 is 2.62 bits per heavy atom. The van der Waals surface area contributed by atoms with Crippen LogP contribution in [0.15, 0.2) is 54.2 Å². The van der Waals surface area contributed by atoms with E-state index in [1.165, 1.54) is 5.41 Å². The van der Waals surface area contributed by atoms with Crippen LogP contribution in [0.1, 0.15) is 18.4 Å². The summed E-state index contributed by atoms with van der Waals surface area (Å²) in [6.45, 7) is 1.41. The third-order valence-electron chi connectivity index (χ3n) is 3.83. The molecule has 3 rings (SSSR count). The highest BCUT2D eigenvalue weighted by Gasteiger charge is 2.24. The van der Waals surface area contributed by atoms with Gasteiger partial charge in [0, 0.05) is 36.9 Å². The first-order valence-electron chi connectivity index (χ1n) is 7.90. The molecule has 0 spiro atoms. The lowest BCUT2D eigenvalue weighted by molar-refractivity contribution is 0.464. The van der Waals surface area contributed by atoms with Gasteiger partial charge in [-0.1, -0.05) is 30.3 Å². The summed E-state index contributed by atoms with van der Waals surface area (Å²) in [6, 6.07) is 11.0. The highest BCUT2D eigenvalue weighted by atomic mass is 32.2. The fraction of sp³-hybridized carbons (Fsp3) is 0.294. The van der Waals surface area contributed by atoms with E-state index in [1.807, 2.05) is 35.2 Å². The zero-order valence-electron chi connectivity index (χ0n) is 13.2. The standard InChI is InChI=1S/C17H20N4O2S/c22-24(23,13-9-15-6-2-1-3-7-15)20-16-8-4-12-21(14-16)17-18-10-5-11-19-17/h1-3,5-7,9-11,13,16,20H,4,8,12,14H2/b13-9-/t16-/m1/s1. The van der Waals surface area contributed by atoms with E-state index < -0.39 is 10.0 Å². The van der Waals surface area contributed by atoms with Crippen molar-refractivity contribution in [2.75, 3.05) is 18.0 Å². The van der Waals surface area contributed by atoms with Gasteiger partial charge in [0.25, 0.3) is 0 Å². The zero-order chi connectivity index (χ0) is 16.8. The molecule has 1 N–H and O–H groups in total.